The van der Waals surface area contributed by atoms with Crippen molar-refractivity contribution in [3.05, 3.63) is 47.8 Å². The predicted molar refractivity (Wildman–Crippen MR) is 67.9 cm³/mol. The third-order valence-corrected chi connectivity index (χ3v) is 2.66. The Labute approximate surface area is 105 Å². The Morgan fingerprint density at radius 1 is 1.28 bits per heavy atom. The Hall–Kier alpha value is -2.36. The van der Waals surface area contributed by atoms with Gasteiger partial charge in [0.25, 0.3) is 0 Å². The largest absolute Gasteiger partial charge is 0.497 e. The SMILES string of the molecule is COc1ccc(-c2ccnc(C)c2)c(C(=O)O)c1. The van der Waals surface area contributed by atoms with Gasteiger partial charge in [0.2, 0.25) is 0 Å². The topological polar surface area (TPSA) is 59.4 Å². The lowest BCUT2D eigenvalue weighted by Gasteiger charge is -2.09. The zero-order valence-corrected chi connectivity index (χ0v) is 10.2. The molecule has 0 unspecified atom stereocenters. The van der Waals surface area contributed by atoms with Crippen molar-refractivity contribution in [2.24, 2.45) is 0 Å². The summed E-state index contributed by atoms with van der Waals surface area (Å²) in [5.41, 5.74) is 2.57. The van der Waals surface area contributed by atoms with Crippen molar-refractivity contribution >= 4 is 5.97 Å². The quantitative estimate of drug-likeness (QED) is 0.900. The number of nitrogens with zero attached hydrogens (tertiary/aromatic N) is 1. The van der Waals surface area contributed by atoms with Gasteiger partial charge in [-0.05, 0) is 48.4 Å². The van der Waals surface area contributed by atoms with E-state index in [0.717, 1.165) is 11.3 Å². The predicted octanol–water partition coefficient (Wildman–Crippen LogP) is 2.76. The summed E-state index contributed by atoms with van der Waals surface area (Å²) < 4.78 is 5.04. The van der Waals surface area contributed by atoms with E-state index in [4.69, 9.17) is 4.74 Å². The first-order chi connectivity index (χ1) is 8.61. The lowest BCUT2D eigenvalue weighted by atomic mass is 10.00. The molecule has 0 saturated carbocycles. The minimum atomic E-state index is -0.974. The summed E-state index contributed by atoms with van der Waals surface area (Å²) in [6.45, 7) is 1.87. The minimum absolute atomic E-state index is 0.222. The number of hydrogen-bond donors (Lipinski definition) is 1. The van der Waals surface area contributed by atoms with Gasteiger partial charge in [-0.15, -0.1) is 0 Å². The van der Waals surface area contributed by atoms with Crippen LogP contribution in [-0.4, -0.2) is 23.2 Å². The number of aryl methyl sites for hydroxylation is 1. The first-order valence-electron chi connectivity index (χ1n) is 5.46. The van der Waals surface area contributed by atoms with E-state index < -0.39 is 5.97 Å². The molecule has 2 rings (SSSR count). The van der Waals surface area contributed by atoms with Crippen molar-refractivity contribution in [3.63, 3.8) is 0 Å². The lowest BCUT2D eigenvalue weighted by Crippen LogP contribution is -2.00. The second-order valence-electron chi connectivity index (χ2n) is 3.90. The molecule has 0 fully saturated rings. The van der Waals surface area contributed by atoms with Crippen molar-refractivity contribution in [1.82, 2.24) is 4.98 Å². The van der Waals surface area contributed by atoms with Crippen molar-refractivity contribution in [1.29, 1.82) is 0 Å². The highest BCUT2D eigenvalue weighted by Gasteiger charge is 2.13. The Bertz CT molecular complexity index is 593. The van der Waals surface area contributed by atoms with Crippen LogP contribution in [0.5, 0.6) is 5.75 Å². The molecular weight excluding hydrogens is 230 g/mol. The zero-order valence-electron chi connectivity index (χ0n) is 10.2. The molecule has 0 aliphatic heterocycles. The molecule has 1 aromatic carbocycles. The van der Waals surface area contributed by atoms with Gasteiger partial charge in [-0.25, -0.2) is 4.79 Å². The standard InChI is InChI=1S/C14H13NO3/c1-9-7-10(5-6-15-9)12-4-3-11(18-2)8-13(12)14(16)17/h3-8H,1-2H3,(H,16,17). The first-order valence-corrected chi connectivity index (χ1v) is 5.46. The summed E-state index contributed by atoms with van der Waals surface area (Å²) in [5, 5.41) is 9.25. The Morgan fingerprint density at radius 3 is 2.67 bits per heavy atom. The molecule has 0 saturated heterocycles. The highest BCUT2D eigenvalue weighted by molar-refractivity contribution is 5.96. The maximum Gasteiger partial charge on any atom is 0.336 e. The van der Waals surface area contributed by atoms with Crippen LogP contribution in [-0.2, 0) is 0 Å². The van der Waals surface area contributed by atoms with E-state index >= 15 is 0 Å². The van der Waals surface area contributed by atoms with Gasteiger partial charge in [0, 0.05) is 11.9 Å². The molecule has 0 amide bonds. The summed E-state index contributed by atoms with van der Waals surface area (Å²) in [5.74, 6) is -0.444. The van der Waals surface area contributed by atoms with Crippen LogP contribution < -0.4 is 4.74 Å². The number of carboxylic acid groups (broad SMARTS) is 1. The van der Waals surface area contributed by atoms with Gasteiger partial charge in [0.15, 0.2) is 0 Å². The van der Waals surface area contributed by atoms with Crippen molar-refractivity contribution in [3.8, 4) is 16.9 Å². The molecule has 0 radical (unpaired) electrons. The number of aromatic carboxylic acids is 1. The van der Waals surface area contributed by atoms with Gasteiger partial charge in [0.05, 0.1) is 12.7 Å². The summed E-state index contributed by atoms with van der Waals surface area (Å²) in [7, 11) is 1.51. The smallest absolute Gasteiger partial charge is 0.336 e. The number of carboxylic acids is 1. The third kappa shape index (κ3) is 2.32. The maximum absolute atomic E-state index is 11.3. The van der Waals surface area contributed by atoms with Crippen molar-refractivity contribution in [2.75, 3.05) is 7.11 Å². The van der Waals surface area contributed by atoms with Crippen molar-refractivity contribution < 1.29 is 14.6 Å². The average molecular weight is 243 g/mol. The summed E-state index contributed by atoms with van der Waals surface area (Å²) >= 11 is 0. The van der Waals surface area contributed by atoms with E-state index in [2.05, 4.69) is 4.98 Å². The Kier molecular flexibility index (Phi) is 3.28. The highest BCUT2D eigenvalue weighted by atomic mass is 16.5. The van der Waals surface area contributed by atoms with Crippen LogP contribution in [0.15, 0.2) is 36.5 Å². The monoisotopic (exact) mass is 243 g/mol. The number of hydrogen-bond acceptors (Lipinski definition) is 3. The number of methoxy groups -OCH3 is 1. The molecule has 1 N–H and O–H groups in total. The molecule has 0 bridgehead atoms. The summed E-state index contributed by atoms with van der Waals surface area (Å²) in [6.07, 6.45) is 1.67. The molecule has 4 nitrogen and oxygen atoms in total. The van der Waals surface area contributed by atoms with E-state index in [0.29, 0.717) is 11.3 Å². The fourth-order valence-electron chi connectivity index (χ4n) is 1.79. The molecular formula is C14H13NO3. The molecule has 0 atom stereocenters. The lowest BCUT2D eigenvalue weighted by molar-refractivity contribution is 0.0697. The summed E-state index contributed by atoms with van der Waals surface area (Å²) in [6, 6.07) is 8.66. The molecule has 0 aliphatic carbocycles. The van der Waals surface area contributed by atoms with Gasteiger partial charge in [-0.1, -0.05) is 0 Å². The van der Waals surface area contributed by atoms with Crippen LogP contribution in [0.3, 0.4) is 0 Å². The zero-order chi connectivity index (χ0) is 13.1. The van der Waals surface area contributed by atoms with Crippen LogP contribution in [0.25, 0.3) is 11.1 Å². The number of rotatable bonds is 3. The van der Waals surface area contributed by atoms with Gasteiger partial charge in [0.1, 0.15) is 5.75 Å². The second kappa shape index (κ2) is 4.87. The van der Waals surface area contributed by atoms with Crippen LogP contribution in [0.2, 0.25) is 0 Å². The minimum Gasteiger partial charge on any atom is -0.497 e. The van der Waals surface area contributed by atoms with Gasteiger partial charge in [-0.3, -0.25) is 4.98 Å². The number of benzene rings is 1. The van der Waals surface area contributed by atoms with Gasteiger partial charge >= 0.3 is 5.97 Å². The van der Waals surface area contributed by atoms with Gasteiger partial charge in [-0.2, -0.15) is 0 Å². The molecule has 1 heterocycles. The third-order valence-electron chi connectivity index (χ3n) is 2.66. The van der Waals surface area contributed by atoms with Crippen LogP contribution in [0, 0.1) is 6.92 Å². The van der Waals surface area contributed by atoms with E-state index in [9.17, 15) is 9.90 Å². The maximum atomic E-state index is 11.3. The highest BCUT2D eigenvalue weighted by Crippen LogP contribution is 2.27. The molecule has 18 heavy (non-hydrogen) atoms. The first kappa shape index (κ1) is 12.1. The molecule has 0 spiro atoms. The van der Waals surface area contributed by atoms with E-state index in [1.54, 1.807) is 24.4 Å². The van der Waals surface area contributed by atoms with Crippen LogP contribution in [0.4, 0.5) is 0 Å². The molecule has 2 aromatic rings. The fourth-order valence-corrected chi connectivity index (χ4v) is 1.79. The van der Waals surface area contributed by atoms with E-state index in [1.165, 1.54) is 13.2 Å². The molecule has 0 aliphatic rings. The van der Waals surface area contributed by atoms with E-state index in [1.807, 2.05) is 13.0 Å². The van der Waals surface area contributed by atoms with Crippen molar-refractivity contribution in [2.45, 2.75) is 6.92 Å². The Balaban J connectivity index is 2.60. The number of ether oxygens (including phenoxy) is 1. The summed E-state index contributed by atoms with van der Waals surface area (Å²) in [4.78, 5) is 15.4. The second-order valence-corrected chi connectivity index (χ2v) is 3.90. The normalized spacial score (nSPS) is 10.1. The number of carbonyl (C=O) groups is 1. The van der Waals surface area contributed by atoms with Crippen LogP contribution >= 0.6 is 0 Å². The average Bonchev–Trinajstić information content (AvgIpc) is 2.38. The van der Waals surface area contributed by atoms with Gasteiger partial charge < -0.3 is 9.84 Å². The number of aromatic nitrogens is 1. The molecule has 4 heteroatoms. The Morgan fingerprint density at radius 2 is 2.06 bits per heavy atom. The molecule has 92 valence electrons. The van der Waals surface area contributed by atoms with Crippen LogP contribution in [0.1, 0.15) is 16.1 Å². The number of pyridine rings is 1. The molecule has 1 aromatic heterocycles. The van der Waals surface area contributed by atoms with E-state index in [-0.39, 0.29) is 5.56 Å². The fraction of sp³-hybridized carbons (Fsp3) is 0.143.